The van der Waals surface area contributed by atoms with Crippen LogP contribution in [0.15, 0.2) is 6.07 Å². The molecule has 1 aromatic rings. The van der Waals surface area contributed by atoms with E-state index in [-0.39, 0.29) is 11.6 Å². The maximum Gasteiger partial charge on any atom is 0.300 e. The molecule has 0 saturated carbocycles. The van der Waals surface area contributed by atoms with E-state index in [0.717, 1.165) is 6.07 Å². The van der Waals surface area contributed by atoms with E-state index in [1.165, 1.54) is 7.11 Å². The fraction of sp³-hybridized carbons (Fsp3) is 0.286. The molecule has 0 radical (unpaired) electrons. The summed E-state index contributed by atoms with van der Waals surface area (Å²) < 4.78 is 29.3. The van der Waals surface area contributed by atoms with Gasteiger partial charge in [-0.2, -0.15) is 0 Å². The Balaban J connectivity index is 3.39. The van der Waals surface area contributed by atoms with Gasteiger partial charge in [0.15, 0.2) is 17.3 Å². The number of halogens is 2. The first-order chi connectivity index (χ1) is 6.97. The normalized spacial score (nSPS) is 10.4. The van der Waals surface area contributed by atoms with Gasteiger partial charge in [-0.15, -0.1) is 0 Å². The van der Waals surface area contributed by atoms with Crippen LogP contribution in [0.25, 0.3) is 0 Å². The zero-order valence-corrected chi connectivity index (χ0v) is 7.61. The van der Waals surface area contributed by atoms with Crippen LogP contribution in [0.3, 0.4) is 0 Å². The lowest BCUT2D eigenvalue weighted by atomic mass is 10.3. The topological polar surface area (TPSA) is 91.3 Å². The highest BCUT2D eigenvalue weighted by Crippen LogP contribution is 2.33. The van der Waals surface area contributed by atoms with Crippen molar-refractivity contribution in [2.75, 3.05) is 12.8 Å². The number of nitrogen functional groups attached to an aromatic ring is 1. The van der Waals surface area contributed by atoms with E-state index in [1.54, 1.807) is 0 Å². The zero-order valence-electron chi connectivity index (χ0n) is 7.61. The second-order valence-corrected chi connectivity index (χ2v) is 2.54. The number of pyridine rings is 1. The van der Waals surface area contributed by atoms with E-state index in [0.29, 0.717) is 0 Å². The molecule has 0 saturated heterocycles. The van der Waals surface area contributed by atoms with E-state index in [4.69, 9.17) is 5.73 Å². The number of anilines is 1. The first kappa shape index (κ1) is 11.1. The summed E-state index contributed by atoms with van der Waals surface area (Å²) in [7, 11) is 1.21. The molecule has 1 rings (SSSR count). The van der Waals surface area contributed by atoms with Crippen molar-refractivity contribution in [1.82, 2.24) is 4.98 Å². The van der Waals surface area contributed by atoms with Crippen molar-refractivity contribution >= 4 is 11.5 Å². The van der Waals surface area contributed by atoms with Crippen molar-refractivity contribution in [3.63, 3.8) is 0 Å². The minimum absolute atomic E-state index is 0.105. The van der Waals surface area contributed by atoms with Crippen LogP contribution in [-0.4, -0.2) is 17.0 Å². The molecule has 82 valence electrons. The van der Waals surface area contributed by atoms with Crippen molar-refractivity contribution in [3.05, 3.63) is 21.9 Å². The average Bonchev–Trinajstić information content (AvgIpc) is 2.16. The fourth-order valence-corrected chi connectivity index (χ4v) is 0.985. The molecule has 6 nitrogen and oxygen atoms in total. The smallest absolute Gasteiger partial charge is 0.300 e. The molecule has 0 aromatic carbocycles. The van der Waals surface area contributed by atoms with Gasteiger partial charge in [-0.1, -0.05) is 0 Å². The van der Waals surface area contributed by atoms with Gasteiger partial charge in [-0.3, -0.25) is 10.1 Å². The Hall–Kier alpha value is -1.99. The molecule has 0 unspecified atom stereocenters. The molecule has 15 heavy (non-hydrogen) atoms. The van der Waals surface area contributed by atoms with Crippen molar-refractivity contribution < 1.29 is 18.4 Å². The number of methoxy groups -OCH3 is 1. The molecule has 0 aliphatic rings. The van der Waals surface area contributed by atoms with E-state index in [9.17, 15) is 18.9 Å². The largest absolute Gasteiger partial charge is 0.493 e. The van der Waals surface area contributed by atoms with Crippen LogP contribution in [0.5, 0.6) is 5.75 Å². The third kappa shape index (κ3) is 2.09. The van der Waals surface area contributed by atoms with Crippen molar-refractivity contribution in [1.29, 1.82) is 0 Å². The molecule has 0 amide bonds. The Bertz CT molecular complexity index is 397. The molecule has 0 spiro atoms. The molecular weight excluding hydrogens is 212 g/mol. The molecule has 1 aromatic heterocycles. The van der Waals surface area contributed by atoms with Crippen molar-refractivity contribution in [3.8, 4) is 5.75 Å². The van der Waals surface area contributed by atoms with Gasteiger partial charge in [0.05, 0.1) is 18.1 Å². The van der Waals surface area contributed by atoms with Gasteiger partial charge in [0.25, 0.3) is 6.43 Å². The van der Waals surface area contributed by atoms with Crippen molar-refractivity contribution in [2.45, 2.75) is 6.43 Å². The Labute approximate surface area is 82.8 Å². The zero-order chi connectivity index (χ0) is 11.6. The standard InChI is InChI=1S/C7H7F2N3O3/c1-15-4-2-3(12(13)14)5(6(8)9)11-7(4)10/h2,6H,1H3,(H2,10,11). The lowest BCUT2D eigenvalue weighted by molar-refractivity contribution is -0.386. The summed E-state index contributed by atoms with van der Waals surface area (Å²) in [6.45, 7) is 0. The predicted molar refractivity (Wildman–Crippen MR) is 46.8 cm³/mol. The molecule has 0 aliphatic carbocycles. The SMILES string of the molecule is COc1cc([N+](=O)[O-])c(C(F)F)nc1N. The summed E-state index contributed by atoms with van der Waals surface area (Å²) in [5.41, 5.74) is 3.48. The Morgan fingerprint density at radius 1 is 1.67 bits per heavy atom. The molecule has 0 fully saturated rings. The Kier molecular flexibility index (Phi) is 2.98. The number of aromatic nitrogens is 1. The van der Waals surface area contributed by atoms with Gasteiger partial charge < -0.3 is 10.5 Å². The van der Waals surface area contributed by atoms with Crippen molar-refractivity contribution in [2.24, 2.45) is 0 Å². The fourth-order valence-electron chi connectivity index (χ4n) is 0.985. The highest BCUT2D eigenvalue weighted by atomic mass is 19.3. The first-order valence-corrected chi connectivity index (χ1v) is 3.74. The van der Waals surface area contributed by atoms with Gasteiger partial charge >= 0.3 is 5.69 Å². The lowest BCUT2D eigenvalue weighted by Crippen LogP contribution is -2.04. The highest BCUT2D eigenvalue weighted by molar-refractivity contribution is 5.54. The van der Waals surface area contributed by atoms with Crippen LogP contribution in [0.4, 0.5) is 20.3 Å². The maximum absolute atomic E-state index is 12.3. The van der Waals surface area contributed by atoms with Gasteiger partial charge in [0.2, 0.25) is 0 Å². The highest BCUT2D eigenvalue weighted by Gasteiger charge is 2.26. The summed E-state index contributed by atoms with van der Waals surface area (Å²) >= 11 is 0. The van der Waals surface area contributed by atoms with Gasteiger partial charge in [-0.25, -0.2) is 13.8 Å². The van der Waals surface area contributed by atoms with Crippen LogP contribution in [0.1, 0.15) is 12.1 Å². The monoisotopic (exact) mass is 219 g/mol. The summed E-state index contributed by atoms with van der Waals surface area (Å²) in [6, 6.07) is 0.823. The van der Waals surface area contributed by atoms with Crippen LogP contribution >= 0.6 is 0 Å². The maximum atomic E-state index is 12.3. The number of ether oxygens (including phenoxy) is 1. The van der Waals surface area contributed by atoms with E-state index >= 15 is 0 Å². The molecular formula is C7H7F2N3O3. The van der Waals surface area contributed by atoms with Gasteiger partial charge in [-0.05, 0) is 0 Å². The number of hydrogen-bond donors (Lipinski definition) is 1. The molecule has 1 heterocycles. The minimum Gasteiger partial charge on any atom is -0.493 e. The molecule has 0 atom stereocenters. The first-order valence-electron chi connectivity index (χ1n) is 3.74. The van der Waals surface area contributed by atoms with Crippen LogP contribution in [-0.2, 0) is 0 Å². The predicted octanol–water partition coefficient (Wildman–Crippen LogP) is 1.52. The third-order valence-electron chi connectivity index (χ3n) is 1.65. The van der Waals surface area contributed by atoms with Gasteiger partial charge in [0.1, 0.15) is 0 Å². The van der Waals surface area contributed by atoms with Crippen LogP contribution in [0, 0.1) is 10.1 Å². The molecule has 8 heteroatoms. The minimum atomic E-state index is -3.06. The van der Waals surface area contributed by atoms with E-state index in [2.05, 4.69) is 9.72 Å². The Morgan fingerprint density at radius 3 is 2.67 bits per heavy atom. The quantitative estimate of drug-likeness (QED) is 0.614. The molecule has 0 bridgehead atoms. The van der Waals surface area contributed by atoms with Crippen LogP contribution < -0.4 is 10.5 Å². The van der Waals surface area contributed by atoms with E-state index < -0.39 is 22.7 Å². The number of nitrogens with two attached hydrogens (primary N) is 1. The number of hydrogen-bond acceptors (Lipinski definition) is 5. The number of nitro groups is 1. The molecule has 2 N–H and O–H groups in total. The van der Waals surface area contributed by atoms with Crippen LogP contribution in [0.2, 0.25) is 0 Å². The summed E-state index contributed by atoms with van der Waals surface area (Å²) in [6.07, 6.45) is -3.06. The summed E-state index contributed by atoms with van der Waals surface area (Å²) in [4.78, 5) is 12.7. The van der Waals surface area contributed by atoms with Gasteiger partial charge in [0, 0.05) is 0 Å². The number of alkyl halides is 2. The second-order valence-electron chi connectivity index (χ2n) is 2.54. The number of nitrogens with zero attached hydrogens (tertiary/aromatic N) is 2. The lowest BCUT2D eigenvalue weighted by Gasteiger charge is -2.06. The second kappa shape index (κ2) is 4.03. The third-order valence-corrected chi connectivity index (χ3v) is 1.65. The molecule has 0 aliphatic heterocycles. The summed E-state index contributed by atoms with van der Waals surface area (Å²) in [5.74, 6) is -0.412. The summed E-state index contributed by atoms with van der Waals surface area (Å²) in [5, 5.41) is 10.4. The van der Waals surface area contributed by atoms with E-state index in [1.807, 2.05) is 0 Å². The average molecular weight is 219 g/mol. The Morgan fingerprint density at radius 2 is 2.27 bits per heavy atom. The number of rotatable bonds is 3.